The fourth-order valence-electron chi connectivity index (χ4n) is 0.853. The van der Waals surface area contributed by atoms with Crippen molar-refractivity contribution in [2.45, 2.75) is 0 Å². The number of rotatable bonds is 6. The zero-order chi connectivity index (χ0) is 13.6. The fraction of sp³-hybridized carbons (Fsp3) is 1.00. The van der Waals surface area contributed by atoms with Gasteiger partial charge < -0.3 is 25.1 Å². The summed E-state index contributed by atoms with van der Waals surface area (Å²) in [4.78, 5) is 6.79. The van der Waals surface area contributed by atoms with Crippen LogP contribution in [0.2, 0.25) is 0 Å². The molecule has 0 atom stereocenters. The van der Waals surface area contributed by atoms with Crippen molar-refractivity contribution in [2.75, 3.05) is 61.4 Å². The van der Waals surface area contributed by atoms with E-state index in [0.29, 0.717) is 0 Å². The van der Waals surface area contributed by atoms with E-state index < -0.39 is 0 Å². The molecule has 0 aromatic carbocycles. The molecule has 0 aliphatic carbocycles. The van der Waals surface area contributed by atoms with Gasteiger partial charge in [0.1, 0.15) is 0 Å². The Morgan fingerprint density at radius 2 is 0.882 bits per heavy atom. The van der Waals surface area contributed by atoms with E-state index in [9.17, 15) is 0 Å². The zero-order valence-corrected chi connectivity index (χ0v) is 12.7. The predicted octanol–water partition coefficient (Wildman–Crippen LogP) is -1.29. The van der Waals surface area contributed by atoms with Crippen molar-refractivity contribution in [3.8, 4) is 0 Å². The topological polar surface area (TPSA) is 102 Å². The summed E-state index contributed by atoms with van der Waals surface area (Å²) >= 11 is 0. The maximum atomic E-state index is 6.50. The summed E-state index contributed by atoms with van der Waals surface area (Å²) < 4.78 is 0. The van der Waals surface area contributed by atoms with E-state index in [4.69, 9.17) is 10.4 Å². The van der Waals surface area contributed by atoms with Crippen LogP contribution >= 0.6 is 0 Å². The van der Waals surface area contributed by atoms with Crippen LogP contribution in [0, 0.1) is 0 Å². The summed E-state index contributed by atoms with van der Waals surface area (Å²) in [5.41, 5.74) is 0. The molecule has 0 unspecified atom stereocenters. The van der Waals surface area contributed by atoms with E-state index in [1.165, 1.54) is 0 Å². The Balaban J connectivity index is -0.000000152. The second-order valence-electron chi connectivity index (χ2n) is 3.91. The first-order chi connectivity index (χ1) is 7.52. The molecule has 0 bridgehead atoms. The van der Waals surface area contributed by atoms with E-state index in [0.717, 1.165) is 26.2 Å². The van der Waals surface area contributed by atoms with Crippen LogP contribution in [0.3, 0.4) is 0 Å². The molecular formula is C9H29FeN5O2+2. The van der Waals surface area contributed by atoms with Crippen LogP contribution in [0.4, 0.5) is 0 Å². The summed E-state index contributed by atoms with van der Waals surface area (Å²) in [6.07, 6.45) is 0. The third kappa shape index (κ3) is 31.4. The second-order valence-corrected chi connectivity index (χ2v) is 3.91. The van der Waals surface area contributed by atoms with Gasteiger partial charge in [0.15, 0.2) is 0 Å². The third-order valence-electron chi connectivity index (χ3n) is 1.86. The van der Waals surface area contributed by atoms with Crippen molar-refractivity contribution in [3.05, 3.63) is 0 Å². The number of hydrogen-bond donors (Lipinski definition) is 4. The maximum absolute atomic E-state index is 6.50. The van der Waals surface area contributed by atoms with Gasteiger partial charge in [0.2, 0.25) is 0 Å². The minimum Gasteiger partial charge on any atom is -0.320 e. The molecule has 0 saturated carbocycles. The average molecular weight is 295 g/mol. The zero-order valence-electron chi connectivity index (χ0n) is 11.6. The molecule has 0 aliphatic rings. The summed E-state index contributed by atoms with van der Waals surface area (Å²) in [7, 11) is 10.6. The molecule has 0 radical (unpaired) electrons. The number of nitrogens with zero attached hydrogens (tertiary/aromatic N) is 3. The Morgan fingerprint density at radius 1 is 0.647 bits per heavy atom. The van der Waals surface area contributed by atoms with Crippen LogP contribution in [0.5, 0.6) is 0 Å². The summed E-state index contributed by atoms with van der Waals surface area (Å²) in [5, 5.41) is 13.0. The Kier molecular flexibility index (Phi) is 32.8. The van der Waals surface area contributed by atoms with Gasteiger partial charge >= 0.3 is 17.1 Å². The molecule has 0 saturated heterocycles. The molecule has 0 aromatic rings. The molecule has 0 rings (SSSR count). The number of likely N-dealkylation sites (N-methyl/N-ethyl adjacent to an activating group) is 3. The van der Waals surface area contributed by atoms with E-state index in [1.54, 1.807) is 0 Å². The molecule has 108 valence electrons. The van der Waals surface area contributed by atoms with Crippen molar-refractivity contribution in [3.63, 3.8) is 0 Å². The van der Waals surface area contributed by atoms with E-state index in [-0.39, 0.29) is 17.1 Å². The summed E-state index contributed by atoms with van der Waals surface area (Å²) in [6.45, 7) is 4.59. The van der Waals surface area contributed by atoms with Crippen molar-refractivity contribution in [1.29, 1.82) is 0 Å². The third-order valence-corrected chi connectivity index (χ3v) is 1.86. The molecule has 7 nitrogen and oxygen atoms in total. The first kappa shape index (κ1) is 25.9. The van der Waals surface area contributed by atoms with Gasteiger partial charge in [0.25, 0.3) is 0 Å². The second kappa shape index (κ2) is 21.5. The van der Waals surface area contributed by atoms with Crippen LogP contribution in [0.15, 0.2) is 0 Å². The van der Waals surface area contributed by atoms with Crippen LogP contribution in [-0.4, -0.2) is 86.5 Å². The van der Waals surface area contributed by atoms with Gasteiger partial charge in [-0.15, -0.1) is 0 Å². The summed E-state index contributed by atoms with van der Waals surface area (Å²) in [6, 6.07) is 0. The minimum atomic E-state index is 0. The molecule has 0 aliphatic heterocycles. The van der Waals surface area contributed by atoms with Crippen LogP contribution < -0.4 is 11.8 Å². The standard InChI is InChI=1S/C9H23N3.Fe.2H3NO/c1-10(2)6-8-12(5)9-7-11(3)4;;2*1-2/h6-9H2,1-5H3;;2*2H,1H2/q;+2;;. The Labute approximate surface area is 116 Å². The number of hydrogen-bond acceptors (Lipinski definition) is 7. The van der Waals surface area contributed by atoms with Crippen LogP contribution in [0.1, 0.15) is 0 Å². The molecule has 0 heterocycles. The van der Waals surface area contributed by atoms with Gasteiger partial charge in [-0.05, 0) is 35.2 Å². The van der Waals surface area contributed by atoms with Gasteiger partial charge in [-0.25, -0.2) is 11.8 Å². The van der Waals surface area contributed by atoms with E-state index >= 15 is 0 Å². The fourth-order valence-corrected chi connectivity index (χ4v) is 0.853. The first-order valence-corrected chi connectivity index (χ1v) is 5.02. The van der Waals surface area contributed by atoms with Crippen LogP contribution in [0.25, 0.3) is 0 Å². The normalized spacial score (nSPS) is 9.18. The quantitative estimate of drug-likeness (QED) is 0.357. The largest absolute Gasteiger partial charge is 2.00 e. The molecule has 0 fully saturated rings. The summed E-state index contributed by atoms with van der Waals surface area (Å²) in [5.74, 6) is 7.00. The molecule has 8 heteroatoms. The Hall–Kier alpha value is 0.239. The average Bonchev–Trinajstić information content (AvgIpc) is 2.29. The minimum absolute atomic E-state index is 0. The van der Waals surface area contributed by atoms with Gasteiger partial charge in [-0.2, -0.15) is 0 Å². The van der Waals surface area contributed by atoms with Crippen molar-refractivity contribution >= 4 is 0 Å². The van der Waals surface area contributed by atoms with Gasteiger partial charge in [-0.3, -0.25) is 0 Å². The van der Waals surface area contributed by atoms with Crippen molar-refractivity contribution in [2.24, 2.45) is 11.8 Å². The predicted molar refractivity (Wildman–Crippen MR) is 66.6 cm³/mol. The number of nitrogens with two attached hydrogens (primary N) is 2. The molecule has 0 spiro atoms. The molecular weight excluding hydrogens is 266 g/mol. The Bertz CT molecular complexity index is 108. The monoisotopic (exact) mass is 295 g/mol. The van der Waals surface area contributed by atoms with E-state index in [2.05, 4.69) is 61.7 Å². The van der Waals surface area contributed by atoms with Gasteiger partial charge in [0.05, 0.1) is 0 Å². The molecule has 6 N–H and O–H groups in total. The van der Waals surface area contributed by atoms with E-state index in [1.807, 2.05) is 0 Å². The van der Waals surface area contributed by atoms with Gasteiger partial charge in [-0.1, -0.05) is 0 Å². The smallest absolute Gasteiger partial charge is 0.320 e. The molecule has 17 heavy (non-hydrogen) atoms. The Morgan fingerprint density at radius 3 is 1.06 bits per heavy atom. The first-order valence-electron chi connectivity index (χ1n) is 5.02. The maximum Gasteiger partial charge on any atom is 2.00 e. The SMILES string of the molecule is CN(C)CCN(C)CCN(C)C.NO.NO.[Fe+2]. The van der Waals surface area contributed by atoms with Crippen molar-refractivity contribution < 1.29 is 27.5 Å². The van der Waals surface area contributed by atoms with Crippen LogP contribution in [-0.2, 0) is 17.1 Å². The van der Waals surface area contributed by atoms with Crippen molar-refractivity contribution in [1.82, 2.24) is 14.7 Å². The van der Waals surface area contributed by atoms with Gasteiger partial charge in [0, 0.05) is 26.2 Å². The molecule has 0 amide bonds. The molecule has 0 aromatic heterocycles.